The van der Waals surface area contributed by atoms with Gasteiger partial charge in [0.1, 0.15) is 0 Å². The number of halogens is 1. The maximum absolute atomic E-state index is 10.7. The van der Waals surface area contributed by atoms with Gasteiger partial charge in [0.05, 0.1) is 18.8 Å². The van der Waals surface area contributed by atoms with Gasteiger partial charge in [0.2, 0.25) is 0 Å². The predicted octanol–water partition coefficient (Wildman–Crippen LogP) is 5.78. The van der Waals surface area contributed by atoms with E-state index in [9.17, 15) is 10.4 Å². The molecule has 1 saturated carbocycles. The van der Waals surface area contributed by atoms with Crippen LogP contribution in [0.15, 0.2) is 48.5 Å². The Kier molecular flexibility index (Phi) is 7.14. The summed E-state index contributed by atoms with van der Waals surface area (Å²) in [4.78, 5) is 5.63. The second-order valence-corrected chi connectivity index (χ2v) is 11.1. The molecule has 3 aromatic rings. The standard InChI is InChI=1S/C28H32IN3O2/c1-18-23-14-27(34-16-20-6-2-4-8-24(20)29)28-22(21-7-3-5-9-25(21)31-28)12-13-32(17-30)15-19(23)10-11-26(18)33/h2-9,18-19,23,26-27,31,33H,10-16H2,1H3/t18-,19+,23-,26+,27-/m1/s1. The molecule has 5 rings (SSSR count). The van der Waals surface area contributed by atoms with E-state index in [1.54, 1.807) is 0 Å². The largest absolute Gasteiger partial charge is 0.393 e. The van der Waals surface area contributed by atoms with E-state index in [0.29, 0.717) is 19.1 Å². The van der Waals surface area contributed by atoms with Gasteiger partial charge in [0, 0.05) is 33.3 Å². The molecular formula is C28H32IN3O2. The van der Waals surface area contributed by atoms with E-state index in [1.807, 2.05) is 4.90 Å². The number of aromatic amines is 1. The second kappa shape index (κ2) is 10.3. The Morgan fingerprint density at radius 2 is 1.97 bits per heavy atom. The minimum atomic E-state index is -0.294. The molecule has 2 N–H and O–H groups in total. The fourth-order valence-corrected chi connectivity index (χ4v) is 6.55. The molecule has 1 aliphatic carbocycles. The Bertz CT molecular complexity index is 1190. The molecule has 5 atom stereocenters. The van der Waals surface area contributed by atoms with E-state index in [-0.39, 0.29) is 24.0 Å². The number of fused-ring (bicyclic) bond motifs is 4. The van der Waals surface area contributed by atoms with Crippen LogP contribution in [0, 0.1) is 32.8 Å². The maximum atomic E-state index is 10.7. The average Bonchev–Trinajstić information content (AvgIpc) is 3.22. The number of aromatic nitrogens is 1. The van der Waals surface area contributed by atoms with Crippen molar-refractivity contribution < 1.29 is 9.84 Å². The Hall–Kier alpha value is -2.08. The number of aliphatic hydroxyl groups is 1. The van der Waals surface area contributed by atoms with Crippen LogP contribution in [0.4, 0.5) is 0 Å². The molecule has 0 radical (unpaired) electrons. The quantitative estimate of drug-likeness (QED) is 0.310. The van der Waals surface area contributed by atoms with Gasteiger partial charge < -0.3 is 19.7 Å². The Morgan fingerprint density at radius 3 is 2.79 bits per heavy atom. The van der Waals surface area contributed by atoms with Gasteiger partial charge in [-0.3, -0.25) is 0 Å². The molecule has 2 aliphatic rings. The second-order valence-electron chi connectivity index (χ2n) is 9.91. The van der Waals surface area contributed by atoms with Crippen molar-refractivity contribution in [3.8, 4) is 6.19 Å². The molecule has 6 heteroatoms. The summed E-state index contributed by atoms with van der Waals surface area (Å²) in [5, 5.41) is 21.8. The molecule has 34 heavy (non-hydrogen) atoms. The first-order valence-electron chi connectivity index (χ1n) is 12.3. The summed E-state index contributed by atoms with van der Waals surface area (Å²) in [5.74, 6) is 0.846. The number of H-pyrrole nitrogens is 1. The topological polar surface area (TPSA) is 72.3 Å². The molecule has 178 valence electrons. The zero-order valence-electron chi connectivity index (χ0n) is 19.6. The minimum Gasteiger partial charge on any atom is -0.393 e. The SMILES string of the molecule is C[C@@H]1[C@H]2C[C@@H](OCc3ccccc3I)c3[nH]c4ccccc4c3CCN(C#N)C[C@@H]2CC[C@@H]1O. The smallest absolute Gasteiger partial charge is 0.179 e. The number of hydrogen-bond donors (Lipinski definition) is 2. The molecular weight excluding hydrogens is 537 g/mol. The highest BCUT2D eigenvalue weighted by atomic mass is 127. The summed E-state index contributed by atoms with van der Waals surface area (Å²) in [6, 6.07) is 16.8. The zero-order valence-corrected chi connectivity index (χ0v) is 21.7. The third-order valence-corrected chi connectivity index (χ3v) is 9.05. The van der Waals surface area contributed by atoms with Crippen LogP contribution in [0.3, 0.4) is 0 Å². The summed E-state index contributed by atoms with van der Waals surface area (Å²) in [6.45, 7) is 4.19. The summed E-state index contributed by atoms with van der Waals surface area (Å²) < 4.78 is 7.94. The lowest BCUT2D eigenvalue weighted by Crippen LogP contribution is -2.42. The molecule has 1 fully saturated rings. The van der Waals surface area contributed by atoms with Gasteiger partial charge in [-0.15, -0.1) is 0 Å². The lowest BCUT2D eigenvalue weighted by Gasteiger charge is -2.42. The van der Waals surface area contributed by atoms with E-state index in [2.05, 4.69) is 89.2 Å². The monoisotopic (exact) mass is 569 g/mol. The van der Waals surface area contributed by atoms with Gasteiger partial charge in [0.15, 0.2) is 6.19 Å². The lowest BCUT2D eigenvalue weighted by atomic mass is 9.68. The molecule has 2 heterocycles. The number of benzene rings is 2. The summed E-state index contributed by atoms with van der Waals surface area (Å²) in [6.07, 6.45) is 5.48. The van der Waals surface area contributed by atoms with E-state index >= 15 is 0 Å². The van der Waals surface area contributed by atoms with Crippen molar-refractivity contribution >= 4 is 33.5 Å². The number of nitrogens with one attached hydrogen (secondary N) is 1. The zero-order chi connectivity index (χ0) is 23.7. The fraction of sp³-hybridized carbons (Fsp3) is 0.464. The number of ether oxygens (including phenoxy) is 1. The number of hydrogen-bond acceptors (Lipinski definition) is 4. The minimum absolute atomic E-state index is 0.0905. The summed E-state index contributed by atoms with van der Waals surface area (Å²) in [7, 11) is 0. The molecule has 2 aromatic carbocycles. The first kappa shape index (κ1) is 23.7. The number of para-hydroxylation sites is 1. The van der Waals surface area contributed by atoms with Crippen LogP contribution in [-0.4, -0.2) is 34.2 Å². The van der Waals surface area contributed by atoms with Gasteiger partial charge in [0.25, 0.3) is 0 Å². The first-order chi connectivity index (χ1) is 16.5. The van der Waals surface area contributed by atoms with Gasteiger partial charge in [-0.25, -0.2) is 0 Å². The Balaban J connectivity index is 1.56. The van der Waals surface area contributed by atoms with Gasteiger partial charge in [-0.2, -0.15) is 5.26 Å². The van der Waals surface area contributed by atoms with Crippen LogP contribution < -0.4 is 0 Å². The first-order valence-corrected chi connectivity index (χ1v) is 13.4. The van der Waals surface area contributed by atoms with Crippen LogP contribution in [0.2, 0.25) is 0 Å². The van der Waals surface area contributed by atoms with Crippen molar-refractivity contribution in [3.05, 3.63) is 68.9 Å². The lowest BCUT2D eigenvalue weighted by molar-refractivity contribution is -0.0412. The molecule has 0 bridgehead atoms. The molecule has 0 unspecified atom stereocenters. The van der Waals surface area contributed by atoms with Crippen molar-refractivity contribution in [1.82, 2.24) is 9.88 Å². The normalized spacial score (nSPS) is 27.6. The van der Waals surface area contributed by atoms with Crippen LogP contribution in [0.25, 0.3) is 10.9 Å². The molecule has 0 saturated heterocycles. The molecule has 5 nitrogen and oxygen atoms in total. The highest BCUT2D eigenvalue weighted by Crippen LogP contribution is 2.44. The molecule has 1 aromatic heterocycles. The van der Waals surface area contributed by atoms with Gasteiger partial charge in [-0.05, 0) is 89.3 Å². The summed E-state index contributed by atoms with van der Waals surface area (Å²) >= 11 is 2.38. The molecule has 0 amide bonds. The molecule has 1 aliphatic heterocycles. The van der Waals surface area contributed by atoms with Gasteiger partial charge >= 0.3 is 0 Å². The van der Waals surface area contributed by atoms with E-state index < -0.39 is 0 Å². The molecule has 0 spiro atoms. The Morgan fingerprint density at radius 1 is 1.18 bits per heavy atom. The van der Waals surface area contributed by atoms with Crippen molar-refractivity contribution in [2.75, 3.05) is 13.1 Å². The highest BCUT2D eigenvalue weighted by Gasteiger charge is 2.39. The van der Waals surface area contributed by atoms with Crippen LogP contribution in [0.5, 0.6) is 0 Å². The maximum Gasteiger partial charge on any atom is 0.179 e. The van der Waals surface area contributed by atoms with Gasteiger partial charge in [-0.1, -0.05) is 43.3 Å². The van der Waals surface area contributed by atoms with Crippen molar-refractivity contribution in [1.29, 1.82) is 5.26 Å². The average molecular weight is 569 g/mol. The third kappa shape index (κ3) is 4.71. The van der Waals surface area contributed by atoms with E-state index in [1.165, 1.54) is 20.1 Å². The van der Waals surface area contributed by atoms with Crippen molar-refractivity contribution in [2.45, 2.75) is 51.4 Å². The predicted molar refractivity (Wildman–Crippen MR) is 142 cm³/mol. The highest BCUT2D eigenvalue weighted by molar-refractivity contribution is 14.1. The van der Waals surface area contributed by atoms with Crippen LogP contribution in [0.1, 0.15) is 49.1 Å². The number of nitrogens with zero attached hydrogens (tertiary/aromatic N) is 2. The van der Waals surface area contributed by atoms with Crippen LogP contribution in [-0.2, 0) is 17.8 Å². The van der Waals surface area contributed by atoms with Crippen molar-refractivity contribution in [3.63, 3.8) is 0 Å². The third-order valence-electron chi connectivity index (χ3n) is 8.00. The van der Waals surface area contributed by atoms with E-state index in [0.717, 1.165) is 43.4 Å². The van der Waals surface area contributed by atoms with E-state index in [4.69, 9.17) is 4.74 Å². The Labute approximate surface area is 215 Å². The fourth-order valence-electron chi connectivity index (χ4n) is 6.01. The number of nitriles is 1. The summed E-state index contributed by atoms with van der Waals surface area (Å²) in [5.41, 5.74) is 4.71. The van der Waals surface area contributed by atoms with Crippen molar-refractivity contribution in [2.24, 2.45) is 17.8 Å². The number of rotatable bonds is 3. The van der Waals surface area contributed by atoms with Crippen LogP contribution >= 0.6 is 22.6 Å². The number of aliphatic hydroxyl groups excluding tert-OH is 1.